The lowest BCUT2D eigenvalue weighted by molar-refractivity contribution is 0.288. The van der Waals surface area contributed by atoms with Gasteiger partial charge in [0.05, 0.1) is 12.1 Å². The molecule has 0 spiro atoms. The van der Waals surface area contributed by atoms with E-state index in [2.05, 4.69) is 46.1 Å². The summed E-state index contributed by atoms with van der Waals surface area (Å²) in [5, 5.41) is 0. The van der Waals surface area contributed by atoms with Gasteiger partial charge in [-0.1, -0.05) is 28.1 Å². The number of nitrogens with zero attached hydrogens (tertiary/aromatic N) is 1. The molecule has 2 nitrogen and oxygen atoms in total. The molecule has 15 heavy (non-hydrogen) atoms. The average molecular weight is 270 g/mol. The maximum absolute atomic E-state index is 5.59. The van der Waals surface area contributed by atoms with Crippen molar-refractivity contribution in [2.24, 2.45) is 0 Å². The molecule has 82 valence electrons. The lowest BCUT2D eigenvalue weighted by Gasteiger charge is -2.19. The van der Waals surface area contributed by atoms with Crippen LogP contribution in [-0.2, 0) is 13.0 Å². The van der Waals surface area contributed by atoms with Crippen molar-refractivity contribution >= 4 is 15.9 Å². The standard InChI is InChI=1S/C12H16BrNO/c1-14(9-13)8-10-4-5-12-11(7-10)3-2-6-15-12/h4-5,7H,2-3,6,8-9H2,1H3. The summed E-state index contributed by atoms with van der Waals surface area (Å²) < 4.78 is 5.59. The van der Waals surface area contributed by atoms with Crippen LogP contribution in [0.4, 0.5) is 0 Å². The third-order valence-electron chi connectivity index (χ3n) is 2.63. The van der Waals surface area contributed by atoms with E-state index in [9.17, 15) is 0 Å². The summed E-state index contributed by atoms with van der Waals surface area (Å²) in [7, 11) is 2.10. The van der Waals surface area contributed by atoms with Gasteiger partial charge >= 0.3 is 0 Å². The summed E-state index contributed by atoms with van der Waals surface area (Å²) in [6.45, 7) is 1.85. The summed E-state index contributed by atoms with van der Waals surface area (Å²) >= 11 is 3.45. The van der Waals surface area contributed by atoms with E-state index in [0.717, 1.165) is 37.2 Å². The van der Waals surface area contributed by atoms with E-state index in [-0.39, 0.29) is 0 Å². The van der Waals surface area contributed by atoms with Crippen molar-refractivity contribution in [1.29, 1.82) is 0 Å². The number of halogens is 1. The van der Waals surface area contributed by atoms with E-state index < -0.39 is 0 Å². The normalized spacial score (nSPS) is 14.9. The van der Waals surface area contributed by atoms with Gasteiger partial charge in [0.15, 0.2) is 0 Å². The molecule has 0 aromatic heterocycles. The summed E-state index contributed by atoms with van der Waals surface area (Å²) in [6, 6.07) is 6.53. The van der Waals surface area contributed by atoms with E-state index >= 15 is 0 Å². The van der Waals surface area contributed by atoms with Gasteiger partial charge in [-0.05, 0) is 37.1 Å². The molecule has 2 rings (SSSR count). The van der Waals surface area contributed by atoms with Gasteiger partial charge in [-0.15, -0.1) is 0 Å². The van der Waals surface area contributed by atoms with Crippen LogP contribution in [-0.4, -0.2) is 24.0 Å². The molecule has 0 saturated carbocycles. The molecule has 0 radical (unpaired) electrons. The smallest absolute Gasteiger partial charge is 0.122 e. The molecule has 0 fully saturated rings. The number of benzene rings is 1. The minimum atomic E-state index is 0.869. The topological polar surface area (TPSA) is 12.5 Å². The molecule has 1 heterocycles. The van der Waals surface area contributed by atoms with Crippen molar-refractivity contribution in [2.45, 2.75) is 19.4 Å². The summed E-state index contributed by atoms with van der Waals surface area (Å²) in [6.07, 6.45) is 2.30. The molecule has 0 aliphatic carbocycles. The highest BCUT2D eigenvalue weighted by Gasteiger charge is 2.10. The molecule has 1 aromatic rings. The first-order valence-corrected chi connectivity index (χ1v) is 6.41. The Kier molecular flexibility index (Phi) is 3.65. The lowest BCUT2D eigenvalue weighted by atomic mass is 10.0. The van der Waals surface area contributed by atoms with Crippen LogP contribution in [0.25, 0.3) is 0 Å². The van der Waals surface area contributed by atoms with E-state index in [1.807, 2.05) is 0 Å². The predicted octanol–water partition coefficient (Wildman–Crippen LogP) is 2.80. The van der Waals surface area contributed by atoms with Crippen LogP contribution < -0.4 is 4.74 Å². The van der Waals surface area contributed by atoms with Gasteiger partial charge in [-0.25, -0.2) is 0 Å². The van der Waals surface area contributed by atoms with Crippen molar-refractivity contribution in [3.05, 3.63) is 29.3 Å². The summed E-state index contributed by atoms with van der Waals surface area (Å²) in [4.78, 5) is 2.23. The maximum Gasteiger partial charge on any atom is 0.122 e. The zero-order valence-corrected chi connectivity index (χ0v) is 10.6. The van der Waals surface area contributed by atoms with E-state index in [1.165, 1.54) is 11.1 Å². The zero-order chi connectivity index (χ0) is 10.7. The molecule has 3 heteroatoms. The van der Waals surface area contributed by atoms with Crippen molar-refractivity contribution < 1.29 is 4.74 Å². The van der Waals surface area contributed by atoms with Crippen molar-refractivity contribution in [3.8, 4) is 5.75 Å². The molecule has 0 saturated heterocycles. The molecule has 1 aromatic carbocycles. The van der Waals surface area contributed by atoms with E-state index in [0.29, 0.717) is 0 Å². The van der Waals surface area contributed by atoms with Gasteiger partial charge in [-0.2, -0.15) is 0 Å². The Balaban J connectivity index is 2.13. The van der Waals surface area contributed by atoms with Crippen LogP contribution in [0.5, 0.6) is 5.75 Å². The first-order chi connectivity index (χ1) is 7.29. The number of alkyl halides is 1. The molecule has 1 aliphatic heterocycles. The Morgan fingerprint density at radius 3 is 3.13 bits per heavy atom. The molecule has 0 bridgehead atoms. The van der Waals surface area contributed by atoms with Gasteiger partial charge in [-0.3, -0.25) is 4.90 Å². The largest absolute Gasteiger partial charge is 0.493 e. The number of fused-ring (bicyclic) bond motifs is 1. The second-order valence-corrected chi connectivity index (χ2v) is 4.53. The molecular formula is C12H16BrNO. The fourth-order valence-corrected chi connectivity index (χ4v) is 2.04. The Morgan fingerprint density at radius 2 is 2.33 bits per heavy atom. The van der Waals surface area contributed by atoms with Crippen molar-refractivity contribution in [3.63, 3.8) is 0 Å². The Bertz CT molecular complexity index is 340. The highest BCUT2D eigenvalue weighted by Crippen LogP contribution is 2.25. The monoisotopic (exact) mass is 269 g/mol. The fourth-order valence-electron chi connectivity index (χ4n) is 1.87. The highest BCUT2D eigenvalue weighted by atomic mass is 79.9. The number of ether oxygens (including phenoxy) is 1. The average Bonchev–Trinajstić information content (AvgIpc) is 2.29. The summed E-state index contributed by atoms with van der Waals surface area (Å²) in [5.74, 6) is 1.08. The van der Waals surface area contributed by atoms with E-state index in [1.54, 1.807) is 0 Å². The molecule has 0 amide bonds. The first-order valence-electron chi connectivity index (χ1n) is 5.28. The van der Waals surface area contributed by atoms with Gasteiger partial charge in [0.25, 0.3) is 0 Å². The third kappa shape index (κ3) is 2.73. The SMILES string of the molecule is CN(CBr)Cc1ccc2c(c1)CCCO2. The predicted molar refractivity (Wildman–Crippen MR) is 65.5 cm³/mol. The first kappa shape index (κ1) is 11.0. The van der Waals surface area contributed by atoms with Gasteiger partial charge in [0, 0.05) is 6.54 Å². The second kappa shape index (κ2) is 4.99. The second-order valence-electron chi connectivity index (χ2n) is 4.03. The number of rotatable bonds is 3. The molecule has 0 N–H and O–H groups in total. The van der Waals surface area contributed by atoms with Crippen LogP contribution in [0, 0.1) is 0 Å². The van der Waals surface area contributed by atoms with Crippen LogP contribution in [0.2, 0.25) is 0 Å². The molecular weight excluding hydrogens is 254 g/mol. The Hall–Kier alpha value is -0.540. The van der Waals surface area contributed by atoms with Crippen molar-refractivity contribution in [2.75, 3.05) is 19.1 Å². The Labute approximate surface area is 99.4 Å². The minimum absolute atomic E-state index is 0.869. The van der Waals surface area contributed by atoms with E-state index in [4.69, 9.17) is 4.74 Å². The van der Waals surface area contributed by atoms with Gasteiger partial charge in [0.1, 0.15) is 5.75 Å². The Morgan fingerprint density at radius 1 is 1.47 bits per heavy atom. The zero-order valence-electron chi connectivity index (χ0n) is 9.00. The van der Waals surface area contributed by atoms with Gasteiger partial charge in [0.2, 0.25) is 0 Å². The highest BCUT2D eigenvalue weighted by molar-refractivity contribution is 9.09. The number of hydrogen-bond acceptors (Lipinski definition) is 2. The quantitative estimate of drug-likeness (QED) is 0.618. The fraction of sp³-hybridized carbons (Fsp3) is 0.500. The third-order valence-corrected chi connectivity index (χ3v) is 3.49. The molecule has 0 atom stereocenters. The van der Waals surface area contributed by atoms with Crippen LogP contribution in [0.3, 0.4) is 0 Å². The summed E-state index contributed by atoms with van der Waals surface area (Å²) in [5.41, 5.74) is 3.63. The van der Waals surface area contributed by atoms with Crippen LogP contribution in [0.15, 0.2) is 18.2 Å². The minimum Gasteiger partial charge on any atom is -0.493 e. The maximum atomic E-state index is 5.59. The number of aryl methyl sites for hydroxylation is 1. The van der Waals surface area contributed by atoms with Gasteiger partial charge < -0.3 is 4.74 Å². The number of hydrogen-bond donors (Lipinski definition) is 0. The van der Waals surface area contributed by atoms with Crippen molar-refractivity contribution in [1.82, 2.24) is 4.90 Å². The molecule has 1 aliphatic rings. The lowest BCUT2D eigenvalue weighted by Crippen LogP contribution is -2.16. The van der Waals surface area contributed by atoms with Crippen LogP contribution >= 0.6 is 15.9 Å². The van der Waals surface area contributed by atoms with Crippen LogP contribution in [0.1, 0.15) is 17.5 Å². The molecule has 0 unspecified atom stereocenters.